The third-order valence-electron chi connectivity index (χ3n) is 6.63. The van der Waals surface area contributed by atoms with Crippen molar-refractivity contribution in [2.24, 2.45) is 11.8 Å². The van der Waals surface area contributed by atoms with Crippen LogP contribution in [0.2, 0.25) is 0 Å². The van der Waals surface area contributed by atoms with Gasteiger partial charge in [0.1, 0.15) is 11.8 Å². The average Bonchev–Trinajstić information content (AvgIpc) is 3.35. The molecular formula is C22H31N3O3. The van der Waals surface area contributed by atoms with Gasteiger partial charge in [-0.25, -0.2) is 0 Å². The van der Waals surface area contributed by atoms with Crippen molar-refractivity contribution in [1.82, 2.24) is 15.2 Å². The van der Waals surface area contributed by atoms with E-state index in [4.69, 9.17) is 4.74 Å². The summed E-state index contributed by atoms with van der Waals surface area (Å²) in [6.07, 6.45) is 11.4. The highest BCUT2D eigenvalue weighted by atomic mass is 16.5. The Bertz CT molecular complexity index is 704. The van der Waals surface area contributed by atoms with Crippen molar-refractivity contribution in [2.45, 2.75) is 76.6 Å². The molecular weight excluding hydrogens is 354 g/mol. The van der Waals surface area contributed by atoms with Crippen LogP contribution in [0, 0.1) is 11.8 Å². The molecule has 1 aromatic heterocycles. The first-order valence-electron chi connectivity index (χ1n) is 10.7. The highest BCUT2D eigenvalue weighted by Crippen LogP contribution is 2.44. The number of ether oxygens (including phenoxy) is 1. The molecule has 1 aliphatic heterocycles. The zero-order valence-corrected chi connectivity index (χ0v) is 16.7. The van der Waals surface area contributed by atoms with E-state index in [0.717, 1.165) is 56.9 Å². The summed E-state index contributed by atoms with van der Waals surface area (Å²) in [7, 11) is 0. The maximum Gasteiger partial charge on any atom is 0.245 e. The number of nitrogens with one attached hydrogen (secondary N) is 1. The number of hydrogen-bond donors (Lipinski definition) is 1. The standard InChI is InChI=1S/C22H31N3O3/c1-16-6-4-10-22(12-16)25(21(27)18-8-2-3-9-18)19(15-28-22)20(26)24-14-17-7-5-11-23-13-17/h5,7,11,13,16,18-19H,2-4,6,8-10,12,14-15H2,1H3,(H,24,26). The minimum Gasteiger partial charge on any atom is -0.353 e. The van der Waals surface area contributed by atoms with Gasteiger partial charge in [0.15, 0.2) is 0 Å². The summed E-state index contributed by atoms with van der Waals surface area (Å²) in [5, 5.41) is 3.00. The van der Waals surface area contributed by atoms with Crippen LogP contribution in [0.5, 0.6) is 0 Å². The number of pyridine rings is 1. The highest BCUT2D eigenvalue weighted by Gasteiger charge is 2.54. The van der Waals surface area contributed by atoms with Crippen molar-refractivity contribution in [1.29, 1.82) is 0 Å². The topological polar surface area (TPSA) is 71.5 Å². The van der Waals surface area contributed by atoms with Crippen molar-refractivity contribution >= 4 is 11.8 Å². The van der Waals surface area contributed by atoms with E-state index < -0.39 is 11.8 Å². The summed E-state index contributed by atoms with van der Waals surface area (Å²) >= 11 is 0. The lowest BCUT2D eigenvalue weighted by molar-refractivity contribution is -0.166. The molecule has 6 heteroatoms. The van der Waals surface area contributed by atoms with Crippen LogP contribution in [-0.4, -0.2) is 40.1 Å². The largest absolute Gasteiger partial charge is 0.353 e. The first-order valence-corrected chi connectivity index (χ1v) is 10.7. The molecule has 3 aliphatic rings. The second kappa shape index (κ2) is 8.19. The summed E-state index contributed by atoms with van der Waals surface area (Å²) in [6, 6.07) is 3.26. The van der Waals surface area contributed by atoms with Crippen molar-refractivity contribution in [2.75, 3.05) is 6.61 Å². The Morgan fingerprint density at radius 3 is 2.82 bits per heavy atom. The van der Waals surface area contributed by atoms with E-state index in [1.165, 1.54) is 0 Å². The van der Waals surface area contributed by atoms with E-state index in [0.29, 0.717) is 19.1 Å². The first-order chi connectivity index (χ1) is 13.6. The summed E-state index contributed by atoms with van der Waals surface area (Å²) in [5.41, 5.74) is 0.359. The number of amides is 2. The van der Waals surface area contributed by atoms with Crippen LogP contribution in [0.1, 0.15) is 63.9 Å². The molecule has 152 valence electrons. The summed E-state index contributed by atoms with van der Waals surface area (Å²) in [4.78, 5) is 32.5. The second-order valence-electron chi connectivity index (χ2n) is 8.74. The van der Waals surface area contributed by atoms with Crippen molar-refractivity contribution in [3.8, 4) is 0 Å². The molecule has 1 aromatic rings. The van der Waals surface area contributed by atoms with Crippen molar-refractivity contribution in [3.63, 3.8) is 0 Å². The molecule has 6 nitrogen and oxygen atoms in total. The van der Waals surface area contributed by atoms with Crippen LogP contribution < -0.4 is 5.32 Å². The molecule has 0 radical (unpaired) electrons. The molecule has 2 heterocycles. The fraction of sp³-hybridized carbons (Fsp3) is 0.682. The number of rotatable bonds is 4. The molecule has 3 fully saturated rings. The fourth-order valence-electron chi connectivity index (χ4n) is 5.21. The maximum atomic E-state index is 13.5. The lowest BCUT2D eigenvalue weighted by atomic mass is 9.82. The minimum atomic E-state index is -0.590. The van der Waals surface area contributed by atoms with Gasteiger partial charge in [-0.2, -0.15) is 0 Å². The Balaban J connectivity index is 1.52. The van der Waals surface area contributed by atoms with Gasteiger partial charge in [0.2, 0.25) is 11.8 Å². The van der Waals surface area contributed by atoms with Gasteiger partial charge in [-0.15, -0.1) is 0 Å². The minimum absolute atomic E-state index is 0.0458. The highest BCUT2D eigenvalue weighted by molar-refractivity contribution is 5.89. The van der Waals surface area contributed by atoms with E-state index in [-0.39, 0.29) is 17.7 Å². The second-order valence-corrected chi connectivity index (χ2v) is 8.74. The summed E-state index contributed by atoms with van der Waals surface area (Å²) in [6.45, 7) is 2.93. The molecule has 2 aliphatic carbocycles. The zero-order chi connectivity index (χ0) is 19.6. The van der Waals surface area contributed by atoms with Gasteiger partial charge in [-0.05, 0) is 49.7 Å². The monoisotopic (exact) mass is 385 g/mol. The average molecular weight is 386 g/mol. The van der Waals surface area contributed by atoms with Gasteiger partial charge >= 0.3 is 0 Å². The fourth-order valence-corrected chi connectivity index (χ4v) is 5.21. The van der Waals surface area contributed by atoms with Crippen LogP contribution in [0.4, 0.5) is 0 Å². The third-order valence-corrected chi connectivity index (χ3v) is 6.63. The SMILES string of the molecule is CC1CCCC2(C1)OCC(C(=O)NCc1cccnc1)N2C(=O)C1CCCC1. The number of carbonyl (C=O) groups excluding carboxylic acids is 2. The number of nitrogens with zero attached hydrogens (tertiary/aromatic N) is 2. The van der Waals surface area contributed by atoms with Crippen LogP contribution in [0.25, 0.3) is 0 Å². The molecule has 1 N–H and O–H groups in total. The maximum absolute atomic E-state index is 13.5. The summed E-state index contributed by atoms with van der Waals surface area (Å²) in [5.74, 6) is 0.560. The Kier molecular flexibility index (Phi) is 5.67. The van der Waals surface area contributed by atoms with Gasteiger partial charge in [0, 0.05) is 24.9 Å². The third kappa shape index (κ3) is 3.79. The molecule has 0 bridgehead atoms. The Morgan fingerprint density at radius 1 is 1.29 bits per heavy atom. The van der Waals surface area contributed by atoms with E-state index in [9.17, 15) is 9.59 Å². The predicted molar refractivity (Wildman–Crippen MR) is 105 cm³/mol. The smallest absolute Gasteiger partial charge is 0.245 e. The van der Waals surface area contributed by atoms with E-state index in [1.54, 1.807) is 12.4 Å². The Morgan fingerprint density at radius 2 is 2.11 bits per heavy atom. The lowest BCUT2D eigenvalue weighted by Gasteiger charge is -2.44. The molecule has 1 saturated heterocycles. The quantitative estimate of drug-likeness (QED) is 0.865. The Hall–Kier alpha value is -1.95. The van der Waals surface area contributed by atoms with E-state index in [1.807, 2.05) is 17.0 Å². The molecule has 3 unspecified atom stereocenters. The number of hydrogen-bond acceptors (Lipinski definition) is 4. The van der Waals surface area contributed by atoms with Gasteiger partial charge in [-0.1, -0.05) is 32.3 Å². The zero-order valence-electron chi connectivity index (χ0n) is 16.7. The molecule has 0 aromatic carbocycles. The van der Waals surface area contributed by atoms with Crippen LogP contribution in [-0.2, 0) is 20.9 Å². The van der Waals surface area contributed by atoms with Crippen LogP contribution >= 0.6 is 0 Å². The molecule has 3 atom stereocenters. The Labute approximate surface area is 167 Å². The van der Waals surface area contributed by atoms with E-state index in [2.05, 4.69) is 17.2 Å². The van der Waals surface area contributed by atoms with Crippen LogP contribution in [0.15, 0.2) is 24.5 Å². The first kappa shape index (κ1) is 19.4. The number of carbonyl (C=O) groups is 2. The lowest BCUT2D eigenvalue weighted by Crippen LogP contribution is -2.58. The molecule has 2 saturated carbocycles. The number of aromatic nitrogens is 1. The van der Waals surface area contributed by atoms with Crippen molar-refractivity contribution < 1.29 is 14.3 Å². The normalized spacial score (nSPS) is 30.7. The molecule has 4 rings (SSSR count). The van der Waals surface area contributed by atoms with Gasteiger partial charge in [0.05, 0.1) is 6.61 Å². The molecule has 28 heavy (non-hydrogen) atoms. The van der Waals surface area contributed by atoms with Gasteiger partial charge in [-0.3, -0.25) is 19.5 Å². The van der Waals surface area contributed by atoms with Crippen molar-refractivity contribution in [3.05, 3.63) is 30.1 Å². The predicted octanol–water partition coefficient (Wildman–Crippen LogP) is 3.02. The molecule has 1 spiro atoms. The van der Waals surface area contributed by atoms with Gasteiger partial charge < -0.3 is 10.1 Å². The molecule has 2 amide bonds. The van der Waals surface area contributed by atoms with E-state index >= 15 is 0 Å². The summed E-state index contributed by atoms with van der Waals surface area (Å²) < 4.78 is 6.26. The van der Waals surface area contributed by atoms with Gasteiger partial charge in [0.25, 0.3) is 0 Å². The van der Waals surface area contributed by atoms with Crippen LogP contribution in [0.3, 0.4) is 0 Å².